The maximum atomic E-state index is 11.8. The van der Waals surface area contributed by atoms with E-state index in [1.165, 1.54) is 11.8 Å². The number of carbonyl (C=O) groups is 2. The first-order chi connectivity index (χ1) is 7.59. The zero-order chi connectivity index (χ0) is 11.7. The number of carbonyl (C=O) groups excluding carboxylic acids is 2. The maximum Gasteiger partial charge on any atom is 0.231 e. The van der Waals surface area contributed by atoms with Gasteiger partial charge in [-0.2, -0.15) is 0 Å². The standard InChI is InChI=1S/C11H12N2O2S/c1-13-7-4-2-3-5-8(7)16-9(11(12)15)6-10(13)14/h2-5,9H,6H2,1H3,(H2,12,15). The van der Waals surface area contributed by atoms with Gasteiger partial charge in [-0.25, -0.2) is 0 Å². The Morgan fingerprint density at radius 1 is 1.50 bits per heavy atom. The fourth-order valence-corrected chi connectivity index (χ4v) is 2.75. The molecule has 0 radical (unpaired) electrons. The molecule has 0 spiro atoms. The van der Waals surface area contributed by atoms with E-state index in [4.69, 9.17) is 5.73 Å². The van der Waals surface area contributed by atoms with E-state index in [1.807, 2.05) is 24.3 Å². The van der Waals surface area contributed by atoms with Crippen LogP contribution in [0.4, 0.5) is 5.69 Å². The van der Waals surface area contributed by atoms with E-state index in [1.54, 1.807) is 11.9 Å². The molecular weight excluding hydrogens is 224 g/mol. The summed E-state index contributed by atoms with van der Waals surface area (Å²) in [5.41, 5.74) is 6.11. The van der Waals surface area contributed by atoms with Crippen LogP contribution >= 0.6 is 11.8 Å². The summed E-state index contributed by atoms with van der Waals surface area (Å²) >= 11 is 1.36. The minimum atomic E-state index is -0.474. The fourth-order valence-electron chi connectivity index (χ4n) is 1.62. The second-order valence-electron chi connectivity index (χ2n) is 3.63. The van der Waals surface area contributed by atoms with Crippen molar-refractivity contribution in [3.05, 3.63) is 24.3 Å². The molecule has 1 aromatic rings. The normalized spacial score (nSPS) is 20.2. The van der Waals surface area contributed by atoms with Crippen LogP contribution in [0.3, 0.4) is 0 Å². The van der Waals surface area contributed by atoms with Crippen LogP contribution in [-0.4, -0.2) is 24.1 Å². The second-order valence-corrected chi connectivity index (χ2v) is 4.88. The maximum absolute atomic E-state index is 11.8. The lowest BCUT2D eigenvalue weighted by Crippen LogP contribution is -2.32. The predicted molar refractivity (Wildman–Crippen MR) is 63.3 cm³/mol. The number of hydrogen-bond donors (Lipinski definition) is 1. The Morgan fingerprint density at radius 2 is 2.19 bits per heavy atom. The lowest BCUT2D eigenvalue weighted by Gasteiger charge is -2.16. The first kappa shape index (κ1) is 11.0. The molecule has 0 bridgehead atoms. The van der Waals surface area contributed by atoms with E-state index in [0.29, 0.717) is 0 Å². The number of fused-ring (bicyclic) bond motifs is 1. The Balaban J connectivity index is 2.44. The molecule has 0 saturated carbocycles. The van der Waals surface area contributed by atoms with Crippen molar-refractivity contribution in [1.29, 1.82) is 0 Å². The number of thioether (sulfide) groups is 1. The molecule has 2 rings (SSSR count). The number of para-hydroxylation sites is 1. The Kier molecular flexibility index (Phi) is 2.87. The van der Waals surface area contributed by atoms with E-state index in [-0.39, 0.29) is 12.3 Å². The second kappa shape index (κ2) is 4.17. The van der Waals surface area contributed by atoms with Crippen LogP contribution in [0.5, 0.6) is 0 Å². The van der Waals surface area contributed by atoms with Gasteiger partial charge in [0.1, 0.15) is 0 Å². The third-order valence-electron chi connectivity index (χ3n) is 2.55. The number of amides is 2. The number of nitrogens with two attached hydrogens (primary N) is 1. The molecule has 1 heterocycles. The van der Waals surface area contributed by atoms with Gasteiger partial charge in [0.15, 0.2) is 0 Å². The van der Waals surface area contributed by atoms with E-state index in [2.05, 4.69) is 0 Å². The van der Waals surface area contributed by atoms with Gasteiger partial charge in [-0.1, -0.05) is 12.1 Å². The molecule has 5 heteroatoms. The SMILES string of the molecule is CN1C(=O)CC(C(N)=O)Sc2ccccc21. The van der Waals surface area contributed by atoms with Crippen molar-refractivity contribution in [1.82, 2.24) is 0 Å². The van der Waals surface area contributed by atoms with Gasteiger partial charge in [-0.05, 0) is 12.1 Å². The molecule has 1 aliphatic heterocycles. The first-order valence-corrected chi connectivity index (χ1v) is 5.79. The molecule has 2 amide bonds. The number of primary amides is 1. The Bertz CT molecular complexity index is 447. The molecule has 0 aliphatic carbocycles. The summed E-state index contributed by atoms with van der Waals surface area (Å²) in [5, 5.41) is -0.474. The number of nitrogens with zero attached hydrogens (tertiary/aromatic N) is 1. The van der Waals surface area contributed by atoms with Crippen LogP contribution in [0.25, 0.3) is 0 Å². The molecule has 1 aliphatic rings. The zero-order valence-corrected chi connectivity index (χ0v) is 9.66. The highest BCUT2D eigenvalue weighted by atomic mass is 32.2. The third kappa shape index (κ3) is 1.90. The topological polar surface area (TPSA) is 63.4 Å². The highest BCUT2D eigenvalue weighted by Gasteiger charge is 2.28. The third-order valence-corrected chi connectivity index (χ3v) is 3.83. The monoisotopic (exact) mass is 236 g/mol. The lowest BCUT2D eigenvalue weighted by atomic mass is 10.2. The molecule has 16 heavy (non-hydrogen) atoms. The summed E-state index contributed by atoms with van der Waals surface area (Å²) < 4.78 is 0. The van der Waals surface area contributed by atoms with Crippen molar-refractivity contribution in [2.75, 3.05) is 11.9 Å². The van der Waals surface area contributed by atoms with Gasteiger partial charge in [0.25, 0.3) is 0 Å². The molecule has 0 saturated heterocycles. The van der Waals surface area contributed by atoms with Crippen LogP contribution in [0, 0.1) is 0 Å². The highest BCUT2D eigenvalue weighted by Crippen LogP contribution is 2.36. The number of benzene rings is 1. The van der Waals surface area contributed by atoms with Gasteiger partial charge in [0.05, 0.1) is 10.9 Å². The van der Waals surface area contributed by atoms with E-state index < -0.39 is 11.2 Å². The van der Waals surface area contributed by atoms with Crippen LogP contribution in [0.2, 0.25) is 0 Å². The smallest absolute Gasteiger partial charge is 0.231 e. The Morgan fingerprint density at radius 3 is 2.88 bits per heavy atom. The van der Waals surface area contributed by atoms with Crippen molar-refractivity contribution in [2.45, 2.75) is 16.6 Å². The molecule has 2 N–H and O–H groups in total. The van der Waals surface area contributed by atoms with Crippen LogP contribution in [0.15, 0.2) is 29.2 Å². The molecule has 0 fully saturated rings. The van der Waals surface area contributed by atoms with Crippen molar-refractivity contribution < 1.29 is 9.59 Å². The van der Waals surface area contributed by atoms with Crippen molar-refractivity contribution >= 4 is 29.3 Å². The highest BCUT2D eigenvalue weighted by molar-refractivity contribution is 8.00. The van der Waals surface area contributed by atoms with Gasteiger partial charge in [-0.3, -0.25) is 9.59 Å². The minimum Gasteiger partial charge on any atom is -0.369 e. The van der Waals surface area contributed by atoms with Gasteiger partial charge in [0, 0.05) is 18.4 Å². The molecule has 0 aromatic heterocycles. The Hall–Kier alpha value is -1.49. The average molecular weight is 236 g/mol. The summed E-state index contributed by atoms with van der Waals surface area (Å²) in [6.07, 6.45) is 0.158. The fraction of sp³-hybridized carbons (Fsp3) is 0.273. The molecule has 4 nitrogen and oxygen atoms in total. The summed E-state index contributed by atoms with van der Waals surface area (Å²) in [7, 11) is 1.71. The van der Waals surface area contributed by atoms with Crippen LogP contribution < -0.4 is 10.6 Å². The number of anilines is 1. The summed E-state index contributed by atoms with van der Waals surface area (Å²) in [4.78, 5) is 25.5. The molecule has 1 aromatic carbocycles. The molecule has 1 unspecified atom stereocenters. The van der Waals surface area contributed by atoms with Crippen molar-refractivity contribution in [2.24, 2.45) is 5.73 Å². The largest absolute Gasteiger partial charge is 0.369 e. The lowest BCUT2D eigenvalue weighted by molar-refractivity contribution is -0.122. The van der Waals surface area contributed by atoms with Crippen molar-refractivity contribution in [3.63, 3.8) is 0 Å². The predicted octanol–water partition coefficient (Wildman–Crippen LogP) is 0.999. The molecule has 1 atom stereocenters. The van der Waals surface area contributed by atoms with Gasteiger partial charge in [0.2, 0.25) is 11.8 Å². The van der Waals surface area contributed by atoms with Crippen LogP contribution in [0.1, 0.15) is 6.42 Å². The average Bonchev–Trinajstić information content (AvgIpc) is 2.38. The van der Waals surface area contributed by atoms with E-state index >= 15 is 0 Å². The Labute approximate surface area is 97.8 Å². The quantitative estimate of drug-likeness (QED) is 0.791. The summed E-state index contributed by atoms with van der Waals surface area (Å²) in [6, 6.07) is 7.51. The van der Waals surface area contributed by atoms with Gasteiger partial charge >= 0.3 is 0 Å². The zero-order valence-electron chi connectivity index (χ0n) is 8.84. The van der Waals surface area contributed by atoms with Crippen molar-refractivity contribution in [3.8, 4) is 0 Å². The minimum absolute atomic E-state index is 0.0822. The summed E-state index contributed by atoms with van der Waals surface area (Å²) in [6.45, 7) is 0. The van der Waals surface area contributed by atoms with Gasteiger partial charge < -0.3 is 10.6 Å². The number of rotatable bonds is 1. The number of hydrogen-bond acceptors (Lipinski definition) is 3. The molecular formula is C11H12N2O2S. The van der Waals surface area contributed by atoms with Gasteiger partial charge in [-0.15, -0.1) is 11.8 Å². The molecule has 84 valence electrons. The van der Waals surface area contributed by atoms with Crippen LogP contribution in [-0.2, 0) is 9.59 Å². The first-order valence-electron chi connectivity index (χ1n) is 4.91. The van der Waals surface area contributed by atoms with E-state index in [9.17, 15) is 9.59 Å². The summed E-state index contributed by atoms with van der Waals surface area (Å²) in [5.74, 6) is -0.523. The van der Waals surface area contributed by atoms with E-state index in [0.717, 1.165) is 10.6 Å².